The zero-order valence-corrected chi connectivity index (χ0v) is 11.2. The Morgan fingerprint density at radius 3 is 2.65 bits per heavy atom. The van der Waals surface area contributed by atoms with Gasteiger partial charge in [0.2, 0.25) is 0 Å². The molecule has 0 saturated carbocycles. The molecule has 0 spiro atoms. The minimum Gasteiger partial charge on any atom is -0.492 e. The Kier molecular flexibility index (Phi) is 4.55. The number of ether oxygens (including phenoxy) is 1. The maximum atomic E-state index is 10.8. The standard InChI is InChI=1S/C15H16N2O3/c1-12-7-8-13(11-15(12)17(18)19)16-9-10-20-14-5-3-2-4-6-14/h2-8,11,16H,9-10H2,1H3. The summed E-state index contributed by atoms with van der Waals surface area (Å²) in [7, 11) is 0. The third kappa shape index (κ3) is 3.71. The Balaban J connectivity index is 1.85. The number of nitrogens with zero attached hydrogens (tertiary/aromatic N) is 1. The van der Waals surface area contributed by atoms with Crippen LogP contribution in [0.5, 0.6) is 5.75 Å². The van der Waals surface area contributed by atoms with Crippen molar-refractivity contribution in [2.45, 2.75) is 6.92 Å². The average molecular weight is 272 g/mol. The number of nitro benzene ring substituents is 1. The average Bonchev–Trinajstić information content (AvgIpc) is 2.46. The van der Waals surface area contributed by atoms with E-state index in [1.807, 2.05) is 36.4 Å². The van der Waals surface area contributed by atoms with Gasteiger partial charge in [0.1, 0.15) is 12.4 Å². The summed E-state index contributed by atoms with van der Waals surface area (Å²) in [5.41, 5.74) is 1.50. The number of benzene rings is 2. The molecule has 2 aromatic carbocycles. The van der Waals surface area contributed by atoms with E-state index in [1.165, 1.54) is 6.07 Å². The van der Waals surface area contributed by atoms with E-state index in [0.717, 1.165) is 11.4 Å². The summed E-state index contributed by atoms with van der Waals surface area (Å²) >= 11 is 0. The van der Waals surface area contributed by atoms with E-state index in [4.69, 9.17) is 4.74 Å². The molecule has 2 rings (SSSR count). The summed E-state index contributed by atoms with van der Waals surface area (Å²) in [6.07, 6.45) is 0. The maximum Gasteiger partial charge on any atom is 0.274 e. The van der Waals surface area contributed by atoms with Crippen LogP contribution in [0.2, 0.25) is 0 Å². The van der Waals surface area contributed by atoms with Crippen molar-refractivity contribution >= 4 is 11.4 Å². The molecule has 20 heavy (non-hydrogen) atoms. The van der Waals surface area contributed by atoms with Crippen molar-refractivity contribution in [1.82, 2.24) is 0 Å². The van der Waals surface area contributed by atoms with Crippen LogP contribution in [-0.4, -0.2) is 18.1 Å². The first kappa shape index (κ1) is 13.9. The van der Waals surface area contributed by atoms with Crippen LogP contribution in [-0.2, 0) is 0 Å². The molecule has 0 radical (unpaired) electrons. The van der Waals surface area contributed by atoms with E-state index >= 15 is 0 Å². The van der Waals surface area contributed by atoms with Crippen LogP contribution in [0.4, 0.5) is 11.4 Å². The number of hydrogen-bond acceptors (Lipinski definition) is 4. The highest BCUT2D eigenvalue weighted by Crippen LogP contribution is 2.22. The van der Waals surface area contributed by atoms with Gasteiger partial charge in [-0.25, -0.2) is 0 Å². The molecule has 0 bridgehead atoms. The molecule has 0 aromatic heterocycles. The van der Waals surface area contributed by atoms with Crippen LogP contribution >= 0.6 is 0 Å². The molecule has 0 aliphatic rings. The van der Waals surface area contributed by atoms with Crippen LogP contribution in [0.3, 0.4) is 0 Å². The van der Waals surface area contributed by atoms with Gasteiger partial charge >= 0.3 is 0 Å². The summed E-state index contributed by atoms with van der Waals surface area (Å²) < 4.78 is 5.53. The number of hydrogen-bond donors (Lipinski definition) is 1. The highest BCUT2D eigenvalue weighted by Gasteiger charge is 2.10. The van der Waals surface area contributed by atoms with Crippen LogP contribution < -0.4 is 10.1 Å². The molecule has 0 unspecified atom stereocenters. The van der Waals surface area contributed by atoms with Crippen LogP contribution in [0.1, 0.15) is 5.56 Å². The topological polar surface area (TPSA) is 64.4 Å². The SMILES string of the molecule is Cc1ccc(NCCOc2ccccc2)cc1[N+](=O)[O-]. The number of para-hydroxylation sites is 1. The Bertz CT molecular complexity index is 585. The summed E-state index contributed by atoms with van der Waals surface area (Å²) in [4.78, 5) is 10.5. The molecule has 0 fully saturated rings. The maximum absolute atomic E-state index is 10.8. The molecule has 5 nitrogen and oxygen atoms in total. The third-order valence-electron chi connectivity index (χ3n) is 2.85. The molecule has 0 aliphatic heterocycles. The molecule has 1 N–H and O–H groups in total. The largest absolute Gasteiger partial charge is 0.492 e. The fourth-order valence-electron chi connectivity index (χ4n) is 1.80. The van der Waals surface area contributed by atoms with E-state index in [1.54, 1.807) is 13.0 Å². The molecular formula is C15H16N2O3. The van der Waals surface area contributed by atoms with Crippen LogP contribution in [0.15, 0.2) is 48.5 Å². The Morgan fingerprint density at radius 2 is 1.95 bits per heavy atom. The lowest BCUT2D eigenvalue weighted by Crippen LogP contribution is -2.11. The summed E-state index contributed by atoms with van der Waals surface area (Å²) in [5.74, 6) is 0.809. The van der Waals surface area contributed by atoms with E-state index in [-0.39, 0.29) is 10.6 Å². The Hall–Kier alpha value is -2.56. The lowest BCUT2D eigenvalue weighted by atomic mass is 10.2. The lowest BCUT2D eigenvalue weighted by molar-refractivity contribution is -0.385. The molecule has 104 valence electrons. The van der Waals surface area contributed by atoms with Crippen molar-refractivity contribution < 1.29 is 9.66 Å². The monoisotopic (exact) mass is 272 g/mol. The van der Waals surface area contributed by atoms with E-state index in [0.29, 0.717) is 18.7 Å². The molecule has 0 aliphatic carbocycles. The smallest absolute Gasteiger partial charge is 0.274 e. The summed E-state index contributed by atoms with van der Waals surface area (Å²) in [6.45, 7) is 2.79. The van der Waals surface area contributed by atoms with Crippen molar-refractivity contribution in [3.05, 3.63) is 64.2 Å². The summed E-state index contributed by atoms with van der Waals surface area (Å²) in [6, 6.07) is 14.6. The van der Waals surface area contributed by atoms with Gasteiger partial charge in [-0.2, -0.15) is 0 Å². The second kappa shape index (κ2) is 6.56. The van der Waals surface area contributed by atoms with Crippen molar-refractivity contribution in [3.8, 4) is 5.75 Å². The molecule has 0 saturated heterocycles. The van der Waals surface area contributed by atoms with Gasteiger partial charge in [-0.1, -0.05) is 24.3 Å². The van der Waals surface area contributed by atoms with Gasteiger partial charge in [0.05, 0.1) is 4.92 Å². The molecular weight excluding hydrogens is 256 g/mol. The first-order chi connectivity index (χ1) is 9.66. The Labute approximate surface area is 117 Å². The second-order valence-corrected chi connectivity index (χ2v) is 4.35. The number of nitrogens with one attached hydrogen (secondary N) is 1. The first-order valence-corrected chi connectivity index (χ1v) is 6.33. The molecule has 0 atom stereocenters. The molecule has 5 heteroatoms. The van der Waals surface area contributed by atoms with Crippen LogP contribution in [0, 0.1) is 17.0 Å². The van der Waals surface area contributed by atoms with Gasteiger partial charge < -0.3 is 10.1 Å². The molecule has 0 heterocycles. The highest BCUT2D eigenvalue weighted by molar-refractivity contribution is 5.54. The minimum atomic E-state index is -0.374. The molecule has 0 amide bonds. The van der Waals surface area contributed by atoms with E-state index in [9.17, 15) is 10.1 Å². The highest BCUT2D eigenvalue weighted by atomic mass is 16.6. The van der Waals surface area contributed by atoms with Crippen molar-refractivity contribution in [3.63, 3.8) is 0 Å². The lowest BCUT2D eigenvalue weighted by Gasteiger charge is -2.09. The fraction of sp³-hybridized carbons (Fsp3) is 0.200. The number of anilines is 1. The fourth-order valence-corrected chi connectivity index (χ4v) is 1.80. The van der Waals surface area contributed by atoms with Gasteiger partial charge in [0, 0.05) is 23.9 Å². The molecule has 2 aromatic rings. The van der Waals surface area contributed by atoms with Gasteiger partial charge in [-0.3, -0.25) is 10.1 Å². The van der Waals surface area contributed by atoms with Crippen LogP contribution in [0.25, 0.3) is 0 Å². The number of aryl methyl sites for hydroxylation is 1. The quantitative estimate of drug-likeness (QED) is 0.497. The zero-order valence-electron chi connectivity index (χ0n) is 11.2. The first-order valence-electron chi connectivity index (χ1n) is 6.33. The van der Waals surface area contributed by atoms with E-state index in [2.05, 4.69) is 5.32 Å². The third-order valence-corrected chi connectivity index (χ3v) is 2.85. The van der Waals surface area contributed by atoms with Crippen molar-refractivity contribution in [2.24, 2.45) is 0 Å². The van der Waals surface area contributed by atoms with Gasteiger partial charge in [-0.15, -0.1) is 0 Å². The van der Waals surface area contributed by atoms with Gasteiger partial charge in [-0.05, 0) is 25.1 Å². The predicted molar refractivity (Wildman–Crippen MR) is 78.3 cm³/mol. The number of rotatable bonds is 6. The minimum absolute atomic E-state index is 0.124. The van der Waals surface area contributed by atoms with Gasteiger partial charge in [0.15, 0.2) is 0 Å². The predicted octanol–water partition coefficient (Wildman–Crippen LogP) is 3.39. The van der Waals surface area contributed by atoms with Crippen molar-refractivity contribution in [2.75, 3.05) is 18.5 Å². The normalized spacial score (nSPS) is 10.1. The zero-order chi connectivity index (χ0) is 14.4. The van der Waals surface area contributed by atoms with Gasteiger partial charge in [0.25, 0.3) is 5.69 Å². The summed E-state index contributed by atoms with van der Waals surface area (Å²) in [5, 5.41) is 13.9. The van der Waals surface area contributed by atoms with Crippen molar-refractivity contribution in [1.29, 1.82) is 0 Å². The Morgan fingerprint density at radius 1 is 1.20 bits per heavy atom. The van der Waals surface area contributed by atoms with E-state index < -0.39 is 0 Å². The second-order valence-electron chi connectivity index (χ2n) is 4.35. The number of nitro groups is 1.